The smallest absolute Gasteiger partial charge is 0.321 e. The SMILES string of the molecule is CNC(=O)NC(=O)C(C)NCC1(O)CCCC1. The zero-order chi connectivity index (χ0) is 12.9. The Labute approximate surface area is 101 Å². The monoisotopic (exact) mass is 243 g/mol. The molecule has 0 spiro atoms. The molecule has 0 aromatic heterocycles. The van der Waals surface area contributed by atoms with E-state index in [1.54, 1.807) is 6.92 Å². The van der Waals surface area contributed by atoms with Gasteiger partial charge in [-0.25, -0.2) is 4.79 Å². The van der Waals surface area contributed by atoms with Crippen LogP contribution in [0.25, 0.3) is 0 Å². The molecule has 1 fully saturated rings. The van der Waals surface area contributed by atoms with Gasteiger partial charge in [-0.2, -0.15) is 0 Å². The van der Waals surface area contributed by atoms with Crippen molar-refractivity contribution in [1.29, 1.82) is 0 Å². The molecule has 98 valence electrons. The van der Waals surface area contributed by atoms with Gasteiger partial charge in [0.25, 0.3) is 0 Å². The Morgan fingerprint density at radius 2 is 1.94 bits per heavy atom. The van der Waals surface area contributed by atoms with Crippen LogP contribution in [-0.2, 0) is 4.79 Å². The van der Waals surface area contributed by atoms with Crippen molar-refractivity contribution in [3.05, 3.63) is 0 Å². The van der Waals surface area contributed by atoms with Crippen LogP contribution in [0, 0.1) is 0 Å². The fraction of sp³-hybridized carbons (Fsp3) is 0.818. The molecule has 1 rings (SSSR count). The minimum atomic E-state index is -0.693. The predicted octanol–water partition coefficient (Wildman–Crippen LogP) is -0.275. The second-order valence-electron chi connectivity index (χ2n) is 4.60. The molecule has 0 aliphatic heterocycles. The first-order valence-electron chi connectivity index (χ1n) is 5.95. The van der Waals surface area contributed by atoms with Crippen LogP contribution in [0.2, 0.25) is 0 Å². The molecule has 0 aromatic carbocycles. The van der Waals surface area contributed by atoms with Crippen molar-refractivity contribution in [2.45, 2.75) is 44.2 Å². The van der Waals surface area contributed by atoms with Crippen LogP contribution in [0.15, 0.2) is 0 Å². The fourth-order valence-electron chi connectivity index (χ4n) is 1.93. The minimum absolute atomic E-state index is 0.384. The summed E-state index contributed by atoms with van der Waals surface area (Å²) in [6, 6.07) is -1.03. The van der Waals surface area contributed by atoms with Gasteiger partial charge in [0.05, 0.1) is 11.6 Å². The van der Waals surface area contributed by atoms with Crippen LogP contribution in [0.1, 0.15) is 32.6 Å². The van der Waals surface area contributed by atoms with Gasteiger partial charge in [0.15, 0.2) is 0 Å². The molecule has 4 N–H and O–H groups in total. The molecule has 0 saturated heterocycles. The Balaban J connectivity index is 2.31. The summed E-state index contributed by atoms with van der Waals surface area (Å²) in [5, 5.41) is 17.5. The van der Waals surface area contributed by atoms with E-state index in [9.17, 15) is 14.7 Å². The topological polar surface area (TPSA) is 90.5 Å². The van der Waals surface area contributed by atoms with E-state index < -0.39 is 23.6 Å². The van der Waals surface area contributed by atoms with Crippen LogP contribution in [0.4, 0.5) is 4.79 Å². The second-order valence-corrected chi connectivity index (χ2v) is 4.60. The highest BCUT2D eigenvalue weighted by Gasteiger charge is 2.31. The highest BCUT2D eigenvalue weighted by atomic mass is 16.3. The number of amides is 3. The molecule has 6 nitrogen and oxygen atoms in total. The second kappa shape index (κ2) is 5.97. The summed E-state index contributed by atoms with van der Waals surface area (Å²) in [5.41, 5.74) is -0.693. The molecular weight excluding hydrogens is 222 g/mol. The van der Waals surface area contributed by atoms with Crippen LogP contribution < -0.4 is 16.0 Å². The van der Waals surface area contributed by atoms with Crippen molar-refractivity contribution in [1.82, 2.24) is 16.0 Å². The summed E-state index contributed by atoms with van der Waals surface area (Å²) in [7, 11) is 1.45. The average Bonchev–Trinajstić information content (AvgIpc) is 2.73. The predicted molar refractivity (Wildman–Crippen MR) is 63.5 cm³/mol. The summed E-state index contributed by atoms with van der Waals surface area (Å²) in [5.74, 6) is -0.397. The van der Waals surface area contributed by atoms with Gasteiger partial charge < -0.3 is 15.7 Å². The largest absolute Gasteiger partial charge is 0.389 e. The lowest BCUT2D eigenvalue weighted by molar-refractivity contribution is -0.121. The van der Waals surface area contributed by atoms with Gasteiger partial charge in [0, 0.05) is 13.6 Å². The van der Waals surface area contributed by atoms with Gasteiger partial charge in [0.1, 0.15) is 0 Å². The molecule has 1 saturated carbocycles. The van der Waals surface area contributed by atoms with Gasteiger partial charge in [0.2, 0.25) is 5.91 Å². The zero-order valence-electron chi connectivity index (χ0n) is 10.4. The lowest BCUT2D eigenvalue weighted by Gasteiger charge is -2.24. The third kappa shape index (κ3) is 4.32. The van der Waals surface area contributed by atoms with Gasteiger partial charge >= 0.3 is 6.03 Å². The van der Waals surface area contributed by atoms with Crippen LogP contribution in [0.5, 0.6) is 0 Å². The zero-order valence-corrected chi connectivity index (χ0v) is 10.4. The molecule has 0 bridgehead atoms. The first-order chi connectivity index (χ1) is 7.97. The fourth-order valence-corrected chi connectivity index (χ4v) is 1.93. The van der Waals surface area contributed by atoms with E-state index >= 15 is 0 Å². The van der Waals surface area contributed by atoms with Gasteiger partial charge in [-0.1, -0.05) is 12.8 Å². The highest BCUT2D eigenvalue weighted by molar-refractivity contribution is 5.96. The summed E-state index contributed by atoms with van der Waals surface area (Å²) in [4.78, 5) is 22.4. The molecule has 17 heavy (non-hydrogen) atoms. The first-order valence-corrected chi connectivity index (χ1v) is 5.95. The van der Waals surface area contributed by atoms with Crippen LogP contribution >= 0.6 is 0 Å². The molecule has 0 radical (unpaired) electrons. The van der Waals surface area contributed by atoms with E-state index in [0.717, 1.165) is 25.7 Å². The highest BCUT2D eigenvalue weighted by Crippen LogP contribution is 2.28. The Morgan fingerprint density at radius 3 is 2.47 bits per heavy atom. The Morgan fingerprint density at radius 1 is 1.35 bits per heavy atom. The third-order valence-electron chi connectivity index (χ3n) is 3.13. The average molecular weight is 243 g/mol. The van der Waals surface area contributed by atoms with E-state index in [4.69, 9.17) is 0 Å². The molecule has 6 heteroatoms. The quantitative estimate of drug-likeness (QED) is 0.547. The number of carbonyl (C=O) groups is 2. The Hall–Kier alpha value is -1.14. The maximum atomic E-state index is 11.5. The molecular formula is C11H21N3O3. The van der Waals surface area contributed by atoms with Crippen molar-refractivity contribution in [3.63, 3.8) is 0 Å². The van der Waals surface area contributed by atoms with Crippen molar-refractivity contribution in [2.75, 3.05) is 13.6 Å². The summed E-state index contributed by atoms with van der Waals surface area (Å²) in [6.07, 6.45) is 3.58. The van der Waals surface area contributed by atoms with E-state index in [2.05, 4.69) is 16.0 Å². The normalized spacial score (nSPS) is 19.7. The maximum Gasteiger partial charge on any atom is 0.321 e. The third-order valence-corrected chi connectivity index (χ3v) is 3.13. The molecule has 3 amide bonds. The Bertz CT molecular complexity index is 288. The van der Waals surface area contributed by atoms with E-state index in [1.807, 2.05) is 0 Å². The number of urea groups is 1. The number of hydrogen-bond donors (Lipinski definition) is 4. The van der Waals surface area contributed by atoms with E-state index in [1.165, 1.54) is 7.05 Å². The molecule has 0 heterocycles. The number of hydrogen-bond acceptors (Lipinski definition) is 4. The molecule has 1 aliphatic carbocycles. The number of imide groups is 1. The summed E-state index contributed by atoms with van der Waals surface area (Å²) >= 11 is 0. The van der Waals surface area contributed by atoms with Crippen molar-refractivity contribution < 1.29 is 14.7 Å². The van der Waals surface area contributed by atoms with Crippen molar-refractivity contribution in [2.24, 2.45) is 0 Å². The molecule has 1 atom stereocenters. The number of nitrogens with one attached hydrogen (secondary N) is 3. The number of aliphatic hydroxyl groups is 1. The van der Waals surface area contributed by atoms with Crippen LogP contribution in [0.3, 0.4) is 0 Å². The lowest BCUT2D eigenvalue weighted by atomic mass is 10.0. The van der Waals surface area contributed by atoms with Crippen LogP contribution in [-0.4, -0.2) is 42.3 Å². The summed E-state index contributed by atoms with van der Waals surface area (Å²) in [6.45, 7) is 2.05. The number of rotatable bonds is 4. The van der Waals surface area contributed by atoms with Crippen molar-refractivity contribution >= 4 is 11.9 Å². The molecule has 1 aliphatic rings. The summed E-state index contributed by atoms with van der Waals surface area (Å²) < 4.78 is 0. The maximum absolute atomic E-state index is 11.5. The van der Waals surface area contributed by atoms with Gasteiger partial charge in [-0.05, 0) is 19.8 Å². The Kier molecular flexibility index (Phi) is 4.89. The molecule has 1 unspecified atom stereocenters. The first kappa shape index (κ1) is 13.9. The lowest BCUT2D eigenvalue weighted by Crippen LogP contribution is -2.50. The van der Waals surface area contributed by atoms with E-state index in [-0.39, 0.29) is 0 Å². The van der Waals surface area contributed by atoms with Gasteiger partial charge in [-0.15, -0.1) is 0 Å². The minimum Gasteiger partial charge on any atom is -0.389 e. The molecule has 0 aromatic rings. The van der Waals surface area contributed by atoms with Crippen molar-refractivity contribution in [3.8, 4) is 0 Å². The van der Waals surface area contributed by atoms with Gasteiger partial charge in [-0.3, -0.25) is 10.1 Å². The van der Waals surface area contributed by atoms with E-state index in [0.29, 0.717) is 6.54 Å². The number of carbonyl (C=O) groups excluding carboxylic acids is 2. The standard InChI is InChI=1S/C11H21N3O3/c1-8(9(15)14-10(16)12-2)13-7-11(17)5-3-4-6-11/h8,13,17H,3-7H2,1-2H3,(H2,12,14,15,16).